The number of carbonyl (C=O) groups is 1. The van der Waals surface area contributed by atoms with Crippen molar-refractivity contribution >= 4 is 11.6 Å². The van der Waals surface area contributed by atoms with Gasteiger partial charge in [-0.3, -0.25) is 14.9 Å². The van der Waals surface area contributed by atoms with E-state index in [0.717, 1.165) is 12.8 Å². The summed E-state index contributed by atoms with van der Waals surface area (Å²) in [5.41, 5.74) is -0.0433. The van der Waals surface area contributed by atoms with Crippen LogP contribution < -0.4 is 10.1 Å². The quantitative estimate of drug-likeness (QED) is 0.660. The molecular formula is C16H21N3O4. The summed E-state index contributed by atoms with van der Waals surface area (Å²) in [4.78, 5) is 24.3. The highest BCUT2D eigenvalue weighted by Crippen LogP contribution is 2.29. The number of hydrogen-bond acceptors (Lipinski definition) is 5. The van der Waals surface area contributed by atoms with Crippen molar-refractivity contribution < 1.29 is 14.5 Å². The second kappa shape index (κ2) is 6.54. The lowest BCUT2D eigenvalue weighted by Crippen LogP contribution is -2.49. The van der Waals surface area contributed by atoms with Gasteiger partial charge in [0.2, 0.25) is 0 Å². The van der Waals surface area contributed by atoms with E-state index in [9.17, 15) is 14.9 Å². The van der Waals surface area contributed by atoms with Crippen LogP contribution in [-0.4, -0.2) is 47.5 Å². The van der Waals surface area contributed by atoms with Crippen LogP contribution >= 0.6 is 0 Å². The Morgan fingerprint density at radius 1 is 1.39 bits per heavy atom. The standard InChI is InChI=1S/C16H21N3O4/c1-18(14-7-11-5-6-12(8-14)17-11)16(20)10-23-15-4-2-3-13(9-15)19(21)22/h2-4,9,11-12,14,17H,5-8,10H2,1H3. The first kappa shape index (κ1) is 15.7. The number of nitro groups is 1. The Bertz CT molecular complexity index is 595. The van der Waals surface area contributed by atoms with Gasteiger partial charge in [0.1, 0.15) is 5.75 Å². The van der Waals surface area contributed by atoms with E-state index in [4.69, 9.17) is 4.74 Å². The average Bonchev–Trinajstić information content (AvgIpc) is 2.90. The van der Waals surface area contributed by atoms with Gasteiger partial charge >= 0.3 is 0 Å². The van der Waals surface area contributed by atoms with Crippen LogP contribution in [0.2, 0.25) is 0 Å². The molecule has 2 unspecified atom stereocenters. The molecule has 2 aliphatic heterocycles. The molecule has 2 aliphatic rings. The molecule has 1 aromatic carbocycles. The van der Waals surface area contributed by atoms with Crippen molar-refractivity contribution in [3.63, 3.8) is 0 Å². The molecule has 124 valence electrons. The fourth-order valence-electron chi connectivity index (χ4n) is 3.48. The van der Waals surface area contributed by atoms with Gasteiger partial charge in [0.05, 0.1) is 11.0 Å². The summed E-state index contributed by atoms with van der Waals surface area (Å²) in [7, 11) is 1.81. The third-order valence-electron chi connectivity index (χ3n) is 4.78. The maximum atomic E-state index is 12.3. The zero-order valence-electron chi connectivity index (χ0n) is 13.1. The van der Waals surface area contributed by atoms with Crippen molar-refractivity contribution in [2.45, 2.75) is 43.8 Å². The molecule has 7 nitrogen and oxygen atoms in total. The Balaban J connectivity index is 1.54. The van der Waals surface area contributed by atoms with Crippen LogP contribution in [0.4, 0.5) is 5.69 Å². The van der Waals surface area contributed by atoms with Crippen LogP contribution in [0.1, 0.15) is 25.7 Å². The smallest absolute Gasteiger partial charge is 0.273 e. The number of likely N-dealkylation sites (N-methyl/N-ethyl adjacent to an activating group) is 1. The highest BCUT2D eigenvalue weighted by Gasteiger charge is 2.36. The van der Waals surface area contributed by atoms with Crippen LogP contribution in [0, 0.1) is 10.1 Å². The molecule has 0 aliphatic carbocycles. The highest BCUT2D eigenvalue weighted by atomic mass is 16.6. The lowest BCUT2D eigenvalue weighted by molar-refractivity contribution is -0.384. The topological polar surface area (TPSA) is 84.7 Å². The summed E-state index contributed by atoms with van der Waals surface area (Å²) < 4.78 is 5.43. The minimum atomic E-state index is -0.481. The molecule has 23 heavy (non-hydrogen) atoms. The van der Waals surface area contributed by atoms with Gasteiger partial charge < -0.3 is 15.0 Å². The minimum absolute atomic E-state index is 0.0433. The first-order valence-electron chi connectivity index (χ1n) is 7.92. The van der Waals surface area contributed by atoms with Crippen LogP contribution in [0.25, 0.3) is 0 Å². The number of nitrogens with one attached hydrogen (secondary N) is 1. The number of nitro benzene ring substituents is 1. The second-order valence-electron chi connectivity index (χ2n) is 6.31. The van der Waals surface area contributed by atoms with E-state index in [-0.39, 0.29) is 24.2 Å². The maximum absolute atomic E-state index is 12.3. The van der Waals surface area contributed by atoms with Crippen molar-refractivity contribution in [1.29, 1.82) is 0 Å². The lowest BCUT2D eigenvalue weighted by Gasteiger charge is -2.35. The molecule has 1 amide bonds. The summed E-state index contributed by atoms with van der Waals surface area (Å²) in [5, 5.41) is 14.3. The van der Waals surface area contributed by atoms with E-state index in [1.807, 2.05) is 7.05 Å². The van der Waals surface area contributed by atoms with Gasteiger partial charge in [-0.05, 0) is 31.7 Å². The van der Waals surface area contributed by atoms with Crippen LogP contribution in [-0.2, 0) is 4.79 Å². The first-order chi connectivity index (χ1) is 11.0. The Kier molecular flexibility index (Phi) is 4.47. The van der Waals surface area contributed by atoms with Crippen molar-refractivity contribution in [1.82, 2.24) is 10.2 Å². The lowest BCUT2D eigenvalue weighted by atomic mass is 9.98. The third kappa shape index (κ3) is 3.61. The van der Waals surface area contributed by atoms with Crippen molar-refractivity contribution in [3.05, 3.63) is 34.4 Å². The predicted octanol–water partition coefficient (Wildman–Crippen LogP) is 1.71. The molecular weight excluding hydrogens is 298 g/mol. The Morgan fingerprint density at radius 3 is 2.74 bits per heavy atom. The molecule has 0 radical (unpaired) electrons. The number of carbonyl (C=O) groups excluding carboxylic acids is 1. The van der Waals surface area contributed by atoms with E-state index in [1.54, 1.807) is 17.0 Å². The highest BCUT2D eigenvalue weighted by molar-refractivity contribution is 5.77. The van der Waals surface area contributed by atoms with E-state index >= 15 is 0 Å². The van der Waals surface area contributed by atoms with Gasteiger partial charge in [-0.25, -0.2) is 0 Å². The Labute approximate surface area is 134 Å². The Morgan fingerprint density at radius 2 is 2.09 bits per heavy atom. The molecule has 2 atom stereocenters. The van der Waals surface area contributed by atoms with E-state index in [1.165, 1.54) is 25.0 Å². The Hall–Kier alpha value is -2.15. The van der Waals surface area contributed by atoms with E-state index in [0.29, 0.717) is 17.8 Å². The first-order valence-corrected chi connectivity index (χ1v) is 7.92. The zero-order chi connectivity index (χ0) is 16.4. The fraction of sp³-hybridized carbons (Fsp3) is 0.562. The number of amides is 1. The number of non-ortho nitro benzene ring substituents is 1. The number of rotatable bonds is 5. The molecule has 2 heterocycles. The van der Waals surface area contributed by atoms with Gasteiger partial charge in [0.15, 0.2) is 6.61 Å². The van der Waals surface area contributed by atoms with E-state index < -0.39 is 4.92 Å². The normalized spacial score (nSPS) is 25.9. The van der Waals surface area contributed by atoms with Gasteiger partial charge in [-0.2, -0.15) is 0 Å². The second-order valence-corrected chi connectivity index (χ2v) is 6.31. The van der Waals surface area contributed by atoms with Crippen LogP contribution in [0.3, 0.4) is 0 Å². The molecule has 7 heteroatoms. The van der Waals surface area contributed by atoms with Crippen LogP contribution in [0.5, 0.6) is 5.75 Å². The molecule has 0 spiro atoms. The SMILES string of the molecule is CN(C(=O)COc1cccc([N+](=O)[O-])c1)C1CC2CCC(C1)N2. The summed E-state index contributed by atoms with van der Waals surface area (Å²) in [6.45, 7) is -0.100. The van der Waals surface area contributed by atoms with Crippen molar-refractivity contribution in [2.24, 2.45) is 0 Å². The summed E-state index contributed by atoms with van der Waals surface area (Å²) in [6.07, 6.45) is 4.34. The maximum Gasteiger partial charge on any atom is 0.273 e. The molecule has 2 fully saturated rings. The minimum Gasteiger partial charge on any atom is -0.484 e. The molecule has 2 saturated heterocycles. The average molecular weight is 319 g/mol. The summed E-state index contributed by atoms with van der Waals surface area (Å²) >= 11 is 0. The zero-order valence-corrected chi connectivity index (χ0v) is 13.1. The number of hydrogen-bond donors (Lipinski definition) is 1. The predicted molar refractivity (Wildman–Crippen MR) is 84.3 cm³/mol. The van der Waals surface area contributed by atoms with Crippen molar-refractivity contribution in [3.8, 4) is 5.75 Å². The molecule has 0 aromatic heterocycles. The molecule has 0 saturated carbocycles. The van der Waals surface area contributed by atoms with Crippen molar-refractivity contribution in [2.75, 3.05) is 13.7 Å². The number of fused-ring (bicyclic) bond motifs is 2. The molecule has 3 rings (SSSR count). The molecule has 2 bridgehead atoms. The van der Waals surface area contributed by atoms with Gasteiger partial charge in [-0.1, -0.05) is 6.07 Å². The van der Waals surface area contributed by atoms with Crippen LogP contribution in [0.15, 0.2) is 24.3 Å². The third-order valence-corrected chi connectivity index (χ3v) is 4.78. The van der Waals surface area contributed by atoms with Gasteiger partial charge in [-0.15, -0.1) is 0 Å². The van der Waals surface area contributed by atoms with Gasteiger partial charge in [0, 0.05) is 31.2 Å². The van der Waals surface area contributed by atoms with E-state index in [2.05, 4.69) is 5.32 Å². The molecule has 1 aromatic rings. The monoisotopic (exact) mass is 319 g/mol. The largest absolute Gasteiger partial charge is 0.484 e. The molecule has 1 N–H and O–H groups in total. The summed E-state index contributed by atoms with van der Waals surface area (Å²) in [6, 6.07) is 7.18. The number of piperidine rings is 1. The number of benzene rings is 1. The summed E-state index contributed by atoms with van der Waals surface area (Å²) in [5.74, 6) is 0.245. The number of nitrogens with zero attached hydrogens (tertiary/aromatic N) is 2. The number of ether oxygens (including phenoxy) is 1. The van der Waals surface area contributed by atoms with Gasteiger partial charge in [0.25, 0.3) is 11.6 Å². The fourth-order valence-corrected chi connectivity index (χ4v) is 3.48.